The molecule has 1 aromatic carbocycles. The van der Waals surface area contributed by atoms with Crippen LogP contribution in [0.1, 0.15) is 37.9 Å². The first-order valence-electron chi connectivity index (χ1n) is 6.48. The molecule has 0 saturated heterocycles. The minimum Gasteiger partial charge on any atom is -0.377 e. The minimum atomic E-state index is -4.70. The van der Waals surface area contributed by atoms with Gasteiger partial charge in [0.2, 0.25) is 0 Å². The van der Waals surface area contributed by atoms with Crippen LogP contribution in [0, 0.1) is 5.82 Å². The molecule has 1 atom stereocenters. The van der Waals surface area contributed by atoms with Crippen molar-refractivity contribution in [3.05, 3.63) is 35.1 Å². The van der Waals surface area contributed by atoms with E-state index in [1.165, 1.54) is 12.1 Å². The number of benzene rings is 1. The highest BCUT2D eigenvalue weighted by Gasteiger charge is 2.35. The fourth-order valence-electron chi connectivity index (χ4n) is 1.83. The Morgan fingerprint density at radius 3 is 2.40 bits per heavy atom. The normalized spacial score (nSPS) is 13.8. The fourth-order valence-corrected chi connectivity index (χ4v) is 1.83. The second-order valence-electron chi connectivity index (χ2n) is 4.70. The van der Waals surface area contributed by atoms with Gasteiger partial charge in [-0.25, -0.2) is 4.39 Å². The summed E-state index contributed by atoms with van der Waals surface area (Å²) in [6.45, 7) is 6.04. The number of hydrogen-bond donors (Lipinski definition) is 1. The van der Waals surface area contributed by atoms with Gasteiger partial charge in [-0.05, 0) is 26.5 Å². The van der Waals surface area contributed by atoms with Gasteiger partial charge in [-0.1, -0.05) is 19.1 Å². The summed E-state index contributed by atoms with van der Waals surface area (Å²) in [7, 11) is 0. The lowest BCUT2D eigenvalue weighted by Gasteiger charge is -2.22. The highest BCUT2D eigenvalue weighted by Crippen LogP contribution is 2.34. The van der Waals surface area contributed by atoms with Gasteiger partial charge in [-0.2, -0.15) is 13.2 Å². The molecule has 0 radical (unpaired) electrons. The van der Waals surface area contributed by atoms with Gasteiger partial charge >= 0.3 is 6.18 Å². The van der Waals surface area contributed by atoms with Crippen LogP contribution in [0.3, 0.4) is 0 Å². The summed E-state index contributed by atoms with van der Waals surface area (Å²) in [5, 5.41) is 2.94. The SMILES string of the molecule is CCNC(COC(C)C)c1cccc(C(F)(F)F)c1F. The number of alkyl halides is 3. The Morgan fingerprint density at radius 2 is 1.90 bits per heavy atom. The van der Waals surface area contributed by atoms with Crippen molar-refractivity contribution in [2.45, 2.75) is 39.1 Å². The molecule has 1 N–H and O–H groups in total. The van der Waals surface area contributed by atoms with Crippen LogP contribution in [-0.4, -0.2) is 19.3 Å². The van der Waals surface area contributed by atoms with E-state index in [2.05, 4.69) is 5.32 Å². The molecule has 0 aromatic heterocycles. The van der Waals surface area contributed by atoms with E-state index in [0.717, 1.165) is 6.07 Å². The van der Waals surface area contributed by atoms with Crippen LogP contribution in [-0.2, 0) is 10.9 Å². The standard InChI is InChI=1S/C14H19F4NO/c1-4-19-12(8-20-9(2)3)10-6-5-7-11(13(10)15)14(16,17)18/h5-7,9,12,19H,4,8H2,1-3H3. The van der Waals surface area contributed by atoms with Crippen LogP contribution in [0.2, 0.25) is 0 Å². The van der Waals surface area contributed by atoms with E-state index in [1.807, 2.05) is 13.8 Å². The molecule has 0 fully saturated rings. The zero-order valence-electron chi connectivity index (χ0n) is 11.7. The van der Waals surface area contributed by atoms with E-state index in [9.17, 15) is 17.6 Å². The molecular weight excluding hydrogens is 274 g/mol. The Hall–Kier alpha value is -1.14. The maximum atomic E-state index is 14.1. The quantitative estimate of drug-likeness (QED) is 0.803. The first-order valence-corrected chi connectivity index (χ1v) is 6.48. The smallest absolute Gasteiger partial charge is 0.377 e. The molecule has 0 saturated carbocycles. The summed E-state index contributed by atoms with van der Waals surface area (Å²) in [5.74, 6) is -1.24. The van der Waals surface area contributed by atoms with Crippen molar-refractivity contribution in [2.75, 3.05) is 13.2 Å². The van der Waals surface area contributed by atoms with Gasteiger partial charge in [0, 0.05) is 5.56 Å². The van der Waals surface area contributed by atoms with Crippen molar-refractivity contribution in [2.24, 2.45) is 0 Å². The van der Waals surface area contributed by atoms with Crippen molar-refractivity contribution in [3.63, 3.8) is 0 Å². The van der Waals surface area contributed by atoms with E-state index in [4.69, 9.17) is 4.74 Å². The molecule has 1 unspecified atom stereocenters. The van der Waals surface area contributed by atoms with Gasteiger partial charge in [0.1, 0.15) is 5.82 Å². The molecule has 0 aliphatic rings. The predicted molar refractivity (Wildman–Crippen MR) is 68.9 cm³/mol. The third-order valence-electron chi connectivity index (χ3n) is 2.76. The Balaban J connectivity index is 3.07. The lowest BCUT2D eigenvalue weighted by Crippen LogP contribution is -2.28. The van der Waals surface area contributed by atoms with Crippen LogP contribution in [0.5, 0.6) is 0 Å². The molecule has 0 amide bonds. The lowest BCUT2D eigenvalue weighted by atomic mass is 10.0. The molecule has 6 heteroatoms. The van der Waals surface area contributed by atoms with Crippen molar-refractivity contribution in [1.82, 2.24) is 5.32 Å². The first-order chi connectivity index (χ1) is 9.27. The van der Waals surface area contributed by atoms with Crippen LogP contribution < -0.4 is 5.32 Å². The van der Waals surface area contributed by atoms with Gasteiger partial charge in [0.05, 0.1) is 24.3 Å². The summed E-state index contributed by atoms with van der Waals surface area (Å²) in [6.07, 6.45) is -4.78. The summed E-state index contributed by atoms with van der Waals surface area (Å²) in [4.78, 5) is 0. The monoisotopic (exact) mass is 293 g/mol. The van der Waals surface area contributed by atoms with Gasteiger partial charge in [0.15, 0.2) is 0 Å². The molecule has 1 aromatic rings. The summed E-state index contributed by atoms with van der Waals surface area (Å²) >= 11 is 0. The predicted octanol–water partition coefficient (Wildman–Crippen LogP) is 3.92. The number of nitrogens with one attached hydrogen (secondary N) is 1. The van der Waals surface area contributed by atoms with Crippen LogP contribution >= 0.6 is 0 Å². The van der Waals surface area contributed by atoms with Crippen molar-refractivity contribution in [3.8, 4) is 0 Å². The number of ether oxygens (including phenoxy) is 1. The van der Waals surface area contributed by atoms with Crippen LogP contribution in [0.4, 0.5) is 17.6 Å². The molecule has 114 valence electrons. The minimum absolute atomic E-state index is 0.0256. The molecule has 1 rings (SSSR count). The van der Waals surface area contributed by atoms with Crippen molar-refractivity contribution >= 4 is 0 Å². The summed E-state index contributed by atoms with van der Waals surface area (Å²) in [5.41, 5.74) is -1.27. The first kappa shape index (κ1) is 16.9. The second-order valence-corrected chi connectivity index (χ2v) is 4.70. The van der Waals surface area contributed by atoms with Crippen molar-refractivity contribution < 1.29 is 22.3 Å². The Bertz CT molecular complexity index is 432. The maximum absolute atomic E-state index is 14.1. The third kappa shape index (κ3) is 4.45. The molecular formula is C14H19F4NO. The molecule has 0 spiro atoms. The highest BCUT2D eigenvalue weighted by atomic mass is 19.4. The average molecular weight is 293 g/mol. The summed E-state index contributed by atoms with van der Waals surface area (Å²) in [6, 6.07) is 2.69. The van der Waals surface area contributed by atoms with Gasteiger partial charge in [-0.3, -0.25) is 0 Å². The molecule has 0 bridgehead atoms. The highest BCUT2D eigenvalue weighted by molar-refractivity contribution is 5.30. The van der Waals surface area contributed by atoms with Crippen LogP contribution in [0.15, 0.2) is 18.2 Å². The van der Waals surface area contributed by atoms with Gasteiger partial charge in [0.25, 0.3) is 0 Å². The molecule has 0 heterocycles. The van der Waals surface area contributed by atoms with E-state index in [0.29, 0.717) is 6.54 Å². The van der Waals surface area contributed by atoms with E-state index < -0.39 is 23.6 Å². The molecule has 2 nitrogen and oxygen atoms in total. The Kier molecular flexibility index (Phi) is 5.95. The number of rotatable bonds is 6. The molecule has 20 heavy (non-hydrogen) atoms. The second kappa shape index (κ2) is 7.04. The zero-order valence-corrected chi connectivity index (χ0v) is 11.7. The van der Waals surface area contributed by atoms with E-state index in [1.54, 1.807) is 6.92 Å². The maximum Gasteiger partial charge on any atom is 0.419 e. The van der Waals surface area contributed by atoms with Crippen LogP contribution in [0.25, 0.3) is 0 Å². The Morgan fingerprint density at radius 1 is 1.25 bits per heavy atom. The third-order valence-corrected chi connectivity index (χ3v) is 2.76. The topological polar surface area (TPSA) is 21.3 Å². The number of halogens is 4. The fraction of sp³-hybridized carbons (Fsp3) is 0.571. The van der Waals surface area contributed by atoms with Crippen molar-refractivity contribution in [1.29, 1.82) is 0 Å². The number of hydrogen-bond acceptors (Lipinski definition) is 2. The molecule has 0 aliphatic carbocycles. The van der Waals surface area contributed by atoms with Gasteiger partial charge < -0.3 is 10.1 Å². The van der Waals surface area contributed by atoms with Gasteiger partial charge in [-0.15, -0.1) is 0 Å². The largest absolute Gasteiger partial charge is 0.419 e. The average Bonchev–Trinajstić information content (AvgIpc) is 2.33. The lowest BCUT2D eigenvalue weighted by molar-refractivity contribution is -0.140. The van der Waals surface area contributed by atoms with E-state index in [-0.39, 0.29) is 18.3 Å². The molecule has 0 aliphatic heterocycles. The van der Waals surface area contributed by atoms with E-state index >= 15 is 0 Å². The Labute approximate surface area is 116 Å². The number of likely N-dealkylation sites (N-methyl/N-ethyl adjacent to an activating group) is 1. The zero-order chi connectivity index (χ0) is 15.3. The summed E-state index contributed by atoms with van der Waals surface area (Å²) < 4.78 is 57.5.